The number of carbonyl (C=O) groups excluding carboxylic acids is 4. The highest BCUT2D eigenvalue weighted by Gasteiger charge is 2.38. The van der Waals surface area contributed by atoms with Crippen molar-refractivity contribution in [2.75, 3.05) is 12.3 Å². The molecule has 0 bridgehead atoms. The van der Waals surface area contributed by atoms with Crippen LogP contribution in [0.1, 0.15) is 24.8 Å². The Morgan fingerprint density at radius 2 is 1.73 bits per heavy atom. The van der Waals surface area contributed by atoms with Crippen molar-refractivity contribution in [1.82, 2.24) is 15.5 Å². The molecule has 0 spiro atoms. The van der Waals surface area contributed by atoms with E-state index in [9.17, 15) is 29.1 Å². The number of nitrogens with two attached hydrogens (primary N) is 2. The first-order valence-corrected chi connectivity index (χ1v) is 11.1. The number of carboxylic acid groups (broad SMARTS) is 1. The van der Waals surface area contributed by atoms with Crippen molar-refractivity contribution < 1.29 is 29.1 Å². The van der Waals surface area contributed by atoms with Gasteiger partial charge in [0.2, 0.25) is 23.6 Å². The van der Waals surface area contributed by atoms with Gasteiger partial charge in [0.1, 0.15) is 18.1 Å². The van der Waals surface area contributed by atoms with Crippen molar-refractivity contribution in [3.63, 3.8) is 0 Å². The molecule has 33 heavy (non-hydrogen) atoms. The van der Waals surface area contributed by atoms with Crippen LogP contribution in [0.5, 0.6) is 0 Å². The zero-order valence-electron chi connectivity index (χ0n) is 18.0. The summed E-state index contributed by atoms with van der Waals surface area (Å²) in [5.74, 6) is -3.91. The number of nitrogens with zero attached hydrogens (tertiary/aromatic N) is 1. The maximum absolute atomic E-state index is 13.1. The molecular formula is C21H29N5O6S. The minimum Gasteiger partial charge on any atom is -0.480 e. The van der Waals surface area contributed by atoms with E-state index in [0.29, 0.717) is 12.8 Å². The third-order valence-corrected chi connectivity index (χ3v) is 5.66. The average molecular weight is 480 g/mol. The smallest absolute Gasteiger partial charge is 0.326 e. The second-order valence-corrected chi connectivity index (χ2v) is 8.16. The fraction of sp³-hybridized carbons (Fsp3) is 0.476. The third kappa shape index (κ3) is 7.46. The number of hydrogen-bond donors (Lipinski definition) is 6. The zero-order chi connectivity index (χ0) is 24.5. The van der Waals surface area contributed by atoms with E-state index in [1.807, 2.05) is 0 Å². The highest BCUT2D eigenvalue weighted by Crippen LogP contribution is 2.19. The van der Waals surface area contributed by atoms with Gasteiger partial charge < -0.3 is 32.1 Å². The van der Waals surface area contributed by atoms with Gasteiger partial charge in [-0.1, -0.05) is 30.3 Å². The molecule has 1 aliphatic rings. The number of aliphatic carboxylic acids is 1. The topological polar surface area (TPSA) is 185 Å². The van der Waals surface area contributed by atoms with E-state index < -0.39 is 60.2 Å². The van der Waals surface area contributed by atoms with Gasteiger partial charge in [-0.3, -0.25) is 19.2 Å². The van der Waals surface area contributed by atoms with Crippen molar-refractivity contribution in [3.8, 4) is 0 Å². The van der Waals surface area contributed by atoms with E-state index in [0.717, 1.165) is 5.56 Å². The third-order valence-electron chi connectivity index (χ3n) is 5.29. The predicted molar refractivity (Wildman–Crippen MR) is 122 cm³/mol. The van der Waals surface area contributed by atoms with Crippen molar-refractivity contribution in [1.29, 1.82) is 0 Å². The fourth-order valence-electron chi connectivity index (χ4n) is 3.59. The van der Waals surface area contributed by atoms with Gasteiger partial charge >= 0.3 is 5.97 Å². The quantitative estimate of drug-likeness (QED) is 0.206. The fourth-order valence-corrected chi connectivity index (χ4v) is 3.84. The predicted octanol–water partition coefficient (Wildman–Crippen LogP) is -1.59. The summed E-state index contributed by atoms with van der Waals surface area (Å²) in [7, 11) is 0. The number of hydrogen-bond acceptors (Lipinski definition) is 7. The van der Waals surface area contributed by atoms with E-state index in [1.165, 1.54) is 4.90 Å². The van der Waals surface area contributed by atoms with Crippen LogP contribution in [0, 0.1) is 0 Å². The van der Waals surface area contributed by atoms with E-state index in [4.69, 9.17) is 11.5 Å². The summed E-state index contributed by atoms with van der Waals surface area (Å²) in [5.41, 5.74) is 11.5. The van der Waals surface area contributed by atoms with Crippen LogP contribution in [-0.4, -0.2) is 76.1 Å². The number of amides is 4. The molecule has 0 radical (unpaired) electrons. The molecule has 0 saturated carbocycles. The summed E-state index contributed by atoms with van der Waals surface area (Å²) in [5, 5.41) is 14.4. The lowest BCUT2D eigenvalue weighted by molar-refractivity contribution is -0.149. The molecule has 1 aromatic rings. The molecule has 12 heteroatoms. The second-order valence-electron chi connectivity index (χ2n) is 7.80. The lowest BCUT2D eigenvalue weighted by Crippen LogP contribution is -2.58. The lowest BCUT2D eigenvalue weighted by Gasteiger charge is -2.28. The van der Waals surface area contributed by atoms with Crippen LogP contribution in [0.4, 0.5) is 0 Å². The van der Waals surface area contributed by atoms with Crippen LogP contribution < -0.4 is 22.1 Å². The van der Waals surface area contributed by atoms with Gasteiger partial charge in [-0.15, -0.1) is 0 Å². The molecule has 7 N–H and O–H groups in total. The highest BCUT2D eigenvalue weighted by atomic mass is 32.1. The van der Waals surface area contributed by atoms with Crippen molar-refractivity contribution in [2.45, 2.75) is 49.9 Å². The van der Waals surface area contributed by atoms with Crippen molar-refractivity contribution in [2.24, 2.45) is 11.5 Å². The number of carbonyl (C=O) groups is 5. The van der Waals surface area contributed by atoms with E-state index in [1.54, 1.807) is 30.3 Å². The number of primary amides is 1. The maximum Gasteiger partial charge on any atom is 0.326 e. The minimum atomic E-state index is -1.24. The molecule has 180 valence electrons. The van der Waals surface area contributed by atoms with Gasteiger partial charge in [0.25, 0.3) is 0 Å². The second kappa shape index (κ2) is 12.2. The molecule has 2 rings (SSSR count). The van der Waals surface area contributed by atoms with Crippen LogP contribution >= 0.6 is 12.6 Å². The number of likely N-dealkylation sites (tertiary alicyclic amines) is 1. The maximum atomic E-state index is 13.1. The molecule has 1 saturated heterocycles. The monoisotopic (exact) mass is 479 g/mol. The standard InChI is InChI=1S/C21H29N5O6S/c22-13(10-17(23)27)18(28)24-14(9-12-5-2-1-3-6-12)19(29)25-15(11-33)20(30)26-8-4-7-16(26)21(31)32/h1-3,5-6,13-16,33H,4,7-11,22H2,(H2,23,27)(H,24,28)(H,25,29)(H,31,32). The SMILES string of the molecule is NC(=O)CC(N)C(=O)NC(Cc1ccccc1)C(=O)NC(CS)C(=O)N1CCCC1C(=O)O. The Labute approximate surface area is 196 Å². The summed E-state index contributed by atoms with van der Waals surface area (Å²) < 4.78 is 0. The van der Waals surface area contributed by atoms with Crippen molar-refractivity contribution >= 4 is 42.2 Å². The summed E-state index contributed by atoms with van der Waals surface area (Å²) in [6, 6.07) is 4.47. The first-order valence-electron chi connectivity index (χ1n) is 10.5. The summed E-state index contributed by atoms with van der Waals surface area (Å²) in [4.78, 5) is 62.1. The van der Waals surface area contributed by atoms with Crippen LogP contribution in [0.15, 0.2) is 30.3 Å². The molecule has 4 unspecified atom stereocenters. The normalized spacial score (nSPS) is 18.1. The van der Waals surface area contributed by atoms with Crippen LogP contribution in [0.2, 0.25) is 0 Å². The molecule has 0 aliphatic carbocycles. The molecule has 1 fully saturated rings. The molecule has 11 nitrogen and oxygen atoms in total. The summed E-state index contributed by atoms with van der Waals surface area (Å²) in [6.07, 6.45) is 0.574. The summed E-state index contributed by atoms with van der Waals surface area (Å²) in [6.45, 7) is 0.266. The Balaban J connectivity index is 2.16. The van der Waals surface area contributed by atoms with E-state index >= 15 is 0 Å². The average Bonchev–Trinajstić information content (AvgIpc) is 3.27. The Morgan fingerprint density at radius 1 is 1.09 bits per heavy atom. The van der Waals surface area contributed by atoms with Gasteiger partial charge in [0.15, 0.2) is 0 Å². The van der Waals surface area contributed by atoms with Gasteiger partial charge in [0, 0.05) is 18.7 Å². The lowest BCUT2D eigenvalue weighted by atomic mass is 10.0. The number of benzene rings is 1. The summed E-state index contributed by atoms with van der Waals surface area (Å²) >= 11 is 4.14. The molecule has 4 atom stereocenters. The van der Waals surface area contributed by atoms with E-state index in [-0.39, 0.29) is 18.7 Å². The highest BCUT2D eigenvalue weighted by molar-refractivity contribution is 7.80. The molecular weight excluding hydrogens is 450 g/mol. The van der Waals surface area contributed by atoms with Crippen LogP contribution in [0.3, 0.4) is 0 Å². The Kier molecular flexibility index (Phi) is 9.67. The first-order chi connectivity index (χ1) is 15.6. The zero-order valence-corrected chi connectivity index (χ0v) is 18.9. The van der Waals surface area contributed by atoms with Crippen LogP contribution in [0.25, 0.3) is 0 Å². The van der Waals surface area contributed by atoms with Crippen molar-refractivity contribution in [3.05, 3.63) is 35.9 Å². The van der Waals surface area contributed by atoms with Crippen LogP contribution in [-0.2, 0) is 30.4 Å². The number of nitrogens with one attached hydrogen (secondary N) is 2. The van der Waals surface area contributed by atoms with Gasteiger partial charge in [-0.2, -0.15) is 12.6 Å². The molecule has 1 heterocycles. The minimum absolute atomic E-state index is 0.0688. The first kappa shape index (κ1) is 26.1. The molecule has 4 amide bonds. The van der Waals surface area contributed by atoms with Gasteiger partial charge in [0.05, 0.1) is 12.5 Å². The Bertz CT molecular complexity index is 883. The number of thiol groups is 1. The molecule has 0 aromatic heterocycles. The number of rotatable bonds is 11. The van der Waals surface area contributed by atoms with E-state index in [2.05, 4.69) is 23.3 Å². The number of carboxylic acids is 1. The largest absolute Gasteiger partial charge is 0.480 e. The molecule has 1 aliphatic heterocycles. The Morgan fingerprint density at radius 3 is 2.30 bits per heavy atom. The molecule has 1 aromatic carbocycles. The Hall–Kier alpha value is -3.12. The van der Waals surface area contributed by atoms with Gasteiger partial charge in [-0.25, -0.2) is 4.79 Å². The van der Waals surface area contributed by atoms with Gasteiger partial charge in [-0.05, 0) is 18.4 Å².